The van der Waals surface area contributed by atoms with Crippen molar-refractivity contribution in [3.63, 3.8) is 0 Å². The molecule has 2 heterocycles. The number of benzene rings is 1. The maximum Gasteiger partial charge on any atom is 0.243 e. The lowest BCUT2D eigenvalue weighted by Gasteiger charge is -2.32. The van der Waals surface area contributed by atoms with Crippen molar-refractivity contribution in [1.82, 2.24) is 9.21 Å². The van der Waals surface area contributed by atoms with Gasteiger partial charge in [0.2, 0.25) is 20.0 Å². The second kappa shape index (κ2) is 6.62. The van der Waals surface area contributed by atoms with Crippen molar-refractivity contribution in [2.45, 2.75) is 17.7 Å². The minimum absolute atomic E-state index is 0.147. The van der Waals surface area contributed by atoms with E-state index in [4.69, 9.17) is 0 Å². The fourth-order valence-corrected chi connectivity index (χ4v) is 6.10. The summed E-state index contributed by atoms with van der Waals surface area (Å²) < 4.78 is 52.5. The second-order valence-electron chi connectivity index (χ2n) is 6.30. The summed E-state index contributed by atoms with van der Waals surface area (Å²) in [7, 11) is -4.84. The van der Waals surface area contributed by atoms with Gasteiger partial charge in [-0.05, 0) is 44.2 Å². The van der Waals surface area contributed by atoms with Crippen LogP contribution < -0.4 is 4.31 Å². The van der Waals surface area contributed by atoms with Crippen LogP contribution in [-0.4, -0.2) is 71.6 Å². The van der Waals surface area contributed by atoms with E-state index in [-0.39, 0.29) is 10.6 Å². The Morgan fingerprint density at radius 3 is 2.12 bits per heavy atom. The Morgan fingerprint density at radius 1 is 0.917 bits per heavy atom. The van der Waals surface area contributed by atoms with E-state index in [1.54, 1.807) is 12.1 Å². The smallest absolute Gasteiger partial charge is 0.243 e. The molecule has 2 aliphatic rings. The third-order valence-corrected chi connectivity index (χ3v) is 8.36. The van der Waals surface area contributed by atoms with Gasteiger partial charge in [-0.3, -0.25) is 4.31 Å². The van der Waals surface area contributed by atoms with E-state index in [1.165, 1.54) is 20.7 Å². The Balaban J connectivity index is 1.81. The summed E-state index contributed by atoms with van der Waals surface area (Å²) in [6.45, 7) is 2.82. The summed E-state index contributed by atoms with van der Waals surface area (Å²) in [5, 5.41) is 0. The highest BCUT2D eigenvalue weighted by atomic mass is 32.2. The molecule has 0 atom stereocenters. The molecule has 0 saturated carbocycles. The van der Waals surface area contributed by atoms with Crippen LogP contribution in [0.5, 0.6) is 0 Å². The van der Waals surface area contributed by atoms with E-state index < -0.39 is 20.0 Å². The van der Waals surface area contributed by atoms with Crippen molar-refractivity contribution in [1.29, 1.82) is 0 Å². The van der Waals surface area contributed by atoms with E-state index in [1.807, 2.05) is 7.05 Å². The molecule has 7 nitrogen and oxygen atoms in total. The molecule has 3 rings (SSSR count). The van der Waals surface area contributed by atoms with Gasteiger partial charge < -0.3 is 4.90 Å². The molecule has 134 valence electrons. The minimum Gasteiger partial charge on any atom is -0.304 e. The fourth-order valence-electron chi connectivity index (χ4n) is 3.04. The summed E-state index contributed by atoms with van der Waals surface area (Å²) in [6, 6.07) is 6.19. The maximum atomic E-state index is 12.7. The standard InChI is InChI=1S/C15H23N3O4S2/c1-16-9-11-17(12-10-16)24(21,22)15-6-4-14(5-7-15)18-8-2-3-13-23(18,19)20/h4-7H,2-3,8-13H2,1H3. The van der Waals surface area contributed by atoms with Crippen LogP contribution in [0.25, 0.3) is 0 Å². The number of hydrogen-bond donors (Lipinski definition) is 0. The van der Waals surface area contributed by atoms with Gasteiger partial charge in [0, 0.05) is 32.7 Å². The first-order valence-corrected chi connectivity index (χ1v) is 11.1. The summed E-state index contributed by atoms with van der Waals surface area (Å²) in [5.74, 6) is 0.147. The highest BCUT2D eigenvalue weighted by Crippen LogP contribution is 2.26. The molecule has 2 fully saturated rings. The van der Waals surface area contributed by atoms with Crippen LogP contribution in [0.15, 0.2) is 29.2 Å². The molecule has 2 saturated heterocycles. The fraction of sp³-hybridized carbons (Fsp3) is 0.600. The third kappa shape index (κ3) is 3.44. The zero-order valence-corrected chi connectivity index (χ0v) is 15.4. The molecular formula is C15H23N3O4S2. The molecule has 1 aromatic carbocycles. The molecule has 0 aromatic heterocycles. The van der Waals surface area contributed by atoms with Crippen molar-refractivity contribution in [3.05, 3.63) is 24.3 Å². The number of piperazine rings is 1. The lowest BCUT2D eigenvalue weighted by molar-refractivity contribution is 0.222. The Kier molecular flexibility index (Phi) is 4.87. The first-order valence-electron chi connectivity index (χ1n) is 8.10. The molecule has 0 radical (unpaired) electrons. The summed E-state index contributed by atoms with van der Waals surface area (Å²) in [4.78, 5) is 2.31. The lowest BCUT2D eigenvalue weighted by Crippen LogP contribution is -2.47. The van der Waals surface area contributed by atoms with Gasteiger partial charge in [0.25, 0.3) is 0 Å². The van der Waals surface area contributed by atoms with Crippen LogP contribution in [0, 0.1) is 0 Å². The van der Waals surface area contributed by atoms with Gasteiger partial charge in [-0.25, -0.2) is 16.8 Å². The molecule has 1 aromatic rings. The van der Waals surface area contributed by atoms with Crippen molar-refractivity contribution in [2.75, 3.05) is 49.8 Å². The van der Waals surface area contributed by atoms with Crippen LogP contribution in [0.3, 0.4) is 0 Å². The summed E-state index contributed by atoms with van der Waals surface area (Å²) >= 11 is 0. The van der Waals surface area contributed by atoms with Crippen molar-refractivity contribution in [2.24, 2.45) is 0 Å². The molecule has 9 heteroatoms. The van der Waals surface area contributed by atoms with Crippen LogP contribution in [0.1, 0.15) is 12.8 Å². The largest absolute Gasteiger partial charge is 0.304 e. The molecule has 0 amide bonds. The Labute approximate surface area is 144 Å². The van der Waals surface area contributed by atoms with Gasteiger partial charge in [-0.1, -0.05) is 0 Å². The predicted octanol–water partition coefficient (Wildman–Crippen LogP) is 0.553. The first-order chi connectivity index (χ1) is 11.3. The van der Waals surface area contributed by atoms with Gasteiger partial charge in [0.05, 0.1) is 16.3 Å². The van der Waals surface area contributed by atoms with E-state index in [0.717, 1.165) is 6.42 Å². The molecule has 0 N–H and O–H groups in total. The minimum atomic E-state index is -3.52. The average molecular weight is 374 g/mol. The van der Waals surface area contributed by atoms with E-state index in [9.17, 15) is 16.8 Å². The van der Waals surface area contributed by atoms with Crippen LogP contribution in [0.2, 0.25) is 0 Å². The van der Waals surface area contributed by atoms with Gasteiger partial charge in [-0.15, -0.1) is 0 Å². The Bertz CT molecular complexity index is 783. The van der Waals surface area contributed by atoms with Gasteiger partial charge in [0.15, 0.2) is 0 Å². The quantitative estimate of drug-likeness (QED) is 0.773. The Hall–Kier alpha value is -1.16. The normalized spacial score (nSPS) is 23.3. The second-order valence-corrected chi connectivity index (χ2v) is 10.2. The van der Waals surface area contributed by atoms with Gasteiger partial charge in [-0.2, -0.15) is 4.31 Å². The molecule has 0 unspecified atom stereocenters. The topological polar surface area (TPSA) is 78.0 Å². The zero-order chi connectivity index (χ0) is 17.4. The molecule has 0 aliphatic carbocycles. The third-order valence-electron chi connectivity index (χ3n) is 4.57. The van der Waals surface area contributed by atoms with Crippen LogP contribution in [-0.2, 0) is 20.0 Å². The van der Waals surface area contributed by atoms with Crippen LogP contribution >= 0.6 is 0 Å². The number of likely N-dealkylation sites (N-methyl/N-ethyl adjacent to an activating group) is 1. The summed E-state index contributed by atoms with van der Waals surface area (Å²) in [5.41, 5.74) is 0.534. The highest BCUT2D eigenvalue weighted by molar-refractivity contribution is 7.92. The number of hydrogen-bond acceptors (Lipinski definition) is 5. The maximum absolute atomic E-state index is 12.7. The van der Waals surface area contributed by atoms with Gasteiger partial charge >= 0.3 is 0 Å². The molecule has 2 aliphatic heterocycles. The zero-order valence-electron chi connectivity index (χ0n) is 13.8. The van der Waals surface area contributed by atoms with Crippen molar-refractivity contribution in [3.8, 4) is 0 Å². The molecule has 0 bridgehead atoms. The molecular weight excluding hydrogens is 350 g/mol. The Morgan fingerprint density at radius 2 is 1.54 bits per heavy atom. The monoisotopic (exact) mass is 373 g/mol. The molecule has 24 heavy (non-hydrogen) atoms. The van der Waals surface area contributed by atoms with E-state index in [2.05, 4.69) is 4.90 Å². The van der Waals surface area contributed by atoms with Gasteiger partial charge in [0.1, 0.15) is 0 Å². The number of rotatable bonds is 3. The number of nitrogens with zero attached hydrogens (tertiary/aromatic N) is 3. The van der Waals surface area contributed by atoms with Crippen molar-refractivity contribution >= 4 is 25.7 Å². The van der Waals surface area contributed by atoms with Crippen molar-refractivity contribution < 1.29 is 16.8 Å². The van der Waals surface area contributed by atoms with E-state index >= 15 is 0 Å². The number of anilines is 1. The molecule has 0 spiro atoms. The summed E-state index contributed by atoms with van der Waals surface area (Å²) in [6.07, 6.45) is 1.50. The first kappa shape index (κ1) is 17.7. The lowest BCUT2D eigenvalue weighted by atomic mass is 10.3. The predicted molar refractivity (Wildman–Crippen MR) is 93.1 cm³/mol. The SMILES string of the molecule is CN1CCN(S(=O)(=O)c2ccc(N3CCCCS3(=O)=O)cc2)CC1. The highest BCUT2D eigenvalue weighted by Gasteiger charge is 2.29. The van der Waals surface area contributed by atoms with Crippen LogP contribution in [0.4, 0.5) is 5.69 Å². The van der Waals surface area contributed by atoms with E-state index in [0.29, 0.717) is 44.8 Å². The average Bonchev–Trinajstić information content (AvgIpc) is 2.55. The number of sulfonamides is 2.